The topological polar surface area (TPSA) is 111 Å². The zero-order chi connectivity index (χ0) is 17.6. The Morgan fingerprint density at radius 3 is 2.13 bits per heavy atom. The van der Waals surface area contributed by atoms with E-state index in [4.69, 9.17) is 14.2 Å². The molecule has 2 N–H and O–H groups in total. The van der Waals surface area contributed by atoms with Gasteiger partial charge in [-0.1, -0.05) is 6.08 Å². The van der Waals surface area contributed by atoms with Crippen molar-refractivity contribution in [2.75, 3.05) is 6.61 Å². The summed E-state index contributed by atoms with van der Waals surface area (Å²) in [6, 6.07) is -0.735. The van der Waals surface area contributed by atoms with Crippen LogP contribution in [0.5, 0.6) is 0 Å². The predicted octanol–water partition coefficient (Wildman–Crippen LogP) is -0.310. The molecule has 8 nitrogen and oxygen atoms in total. The summed E-state index contributed by atoms with van der Waals surface area (Å²) in [5, 5.41) is 12.2. The summed E-state index contributed by atoms with van der Waals surface area (Å²) < 4.78 is 16.1. The molecular weight excluding hydrogens is 306 g/mol. The molecule has 23 heavy (non-hydrogen) atoms. The molecule has 1 fully saturated rings. The van der Waals surface area contributed by atoms with Crippen molar-refractivity contribution < 1.29 is 33.7 Å². The van der Waals surface area contributed by atoms with Crippen molar-refractivity contribution in [1.82, 2.24) is 5.32 Å². The second-order valence-corrected chi connectivity index (χ2v) is 5.29. The number of hydrogen-bond donors (Lipinski definition) is 2. The van der Waals surface area contributed by atoms with Crippen molar-refractivity contribution in [3.8, 4) is 0 Å². The Morgan fingerprint density at radius 1 is 1.13 bits per heavy atom. The lowest BCUT2D eigenvalue weighted by Crippen LogP contribution is -2.65. The number of ether oxygens (including phenoxy) is 3. The number of hydrogen-bond acceptors (Lipinski definition) is 7. The van der Waals surface area contributed by atoms with E-state index in [1.165, 1.54) is 20.8 Å². The highest BCUT2D eigenvalue weighted by Gasteiger charge is 2.49. The molecule has 8 heteroatoms. The molecule has 0 saturated carbocycles. The lowest BCUT2D eigenvalue weighted by Gasteiger charge is -2.45. The van der Waals surface area contributed by atoms with Gasteiger partial charge in [-0.3, -0.25) is 14.4 Å². The maximum Gasteiger partial charge on any atom is 0.303 e. The third kappa shape index (κ3) is 5.33. The fourth-order valence-electron chi connectivity index (χ4n) is 2.60. The molecule has 1 rings (SSSR count). The Bertz CT molecular complexity index is 465. The maximum absolute atomic E-state index is 11.5. The van der Waals surface area contributed by atoms with Crippen molar-refractivity contribution in [3.63, 3.8) is 0 Å². The highest BCUT2D eigenvalue weighted by Crippen LogP contribution is 2.28. The van der Waals surface area contributed by atoms with E-state index in [0.29, 0.717) is 6.42 Å². The van der Waals surface area contributed by atoms with Crippen molar-refractivity contribution in [2.24, 2.45) is 0 Å². The summed E-state index contributed by atoms with van der Waals surface area (Å²) in [5.74, 6) is -1.56. The Balaban J connectivity index is 3.19. The summed E-state index contributed by atoms with van der Waals surface area (Å²) in [6.07, 6.45) is -1.52. The normalized spacial score (nSPS) is 30.2. The van der Waals surface area contributed by atoms with E-state index >= 15 is 0 Å². The summed E-state index contributed by atoms with van der Waals surface area (Å²) in [7, 11) is 0. The summed E-state index contributed by atoms with van der Waals surface area (Å²) >= 11 is 0. The second-order valence-electron chi connectivity index (χ2n) is 5.29. The molecule has 0 spiro atoms. The zero-order valence-electron chi connectivity index (χ0n) is 13.5. The average Bonchev–Trinajstić information content (AvgIpc) is 2.43. The largest absolute Gasteiger partial charge is 0.456 e. The van der Waals surface area contributed by atoms with Gasteiger partial charge in [0.1, 0.15) is 6.10 Å². The Kier molecular flexibility index (Phi) is 7.18. The average molecular weight is 329 g/mol. The van der Waals surface area contributed by atoms with Crippen LogP contribution in [0.4, 0.5) is 0 Å². The monoisotopic (exact) mass is 329 g/mol. The standard InChI is InChI=1S/C15H23NO7/c1-5-6-11-13(16-8(2)18)15(22-10(4)20)14(21-9(3)19)12(7-17)23-11/h5,11-15,17H,1,6-7H2,2-4H3,(H,16,18)/t11-,12-,13+,14-,15-/m1/s1. The van der Waals surface area contributed by atoms with E-state index in [9.17, 15) is 19.5 Å². The van der Waals surface area contributed by atoms with Gasteiger partial charge in [0.15, 0.2) is 12.2 Å². The summed E-state index contributed by atoms with van der Waals surface area (Å²) in [6.45, 7) is 6.91. The zero-order valence-corrected chi connectivity index (χ0v) is 13.5. The quantitative estimate of drug-likeness (QED) is 0.508. The highest BCUT2D eigenvalue weighted by atomic mass is 16.6. The van der Waals surface area contributed by atoms with E-state index in [1.807, 2.05) is 0 Å². The van der Waals surface area contributed by atoms with E-state index in [-0.39, 0.29) is 5.91 Å². The van der Waals surface area contributed by atoms with Crippen molar-refractivity contribution >= 4 is 17.8 Å². The number of carbonyl (C=O) groups is 3. The lowest BCUT2D eigenvalue weighted by molar-refractivity contribution is -0.220. The Morgan fingerprint density at radius 2 is 1.70 bits per heavy atom. The van der Waals surface area contributed by atoms with Gasteiger partial charge in [0.25, 0.3) is 0 Å². The van der Waals surface area contributed by atoms with Crippen molar-refractivity contribution in [1.29, 1.82) is 0 Å². The molecule has 0 radical (unpaired) electrons. The van der Waals surface area contributed by atoms with Gasteiger partial charge in [-0.15, -0.1) is 6.58 Å². The fourth-order valence-corrected chi connectivity index (χ4v) is 2.60. The highest BCUT2D eigenvalue weighted by molar-refractivity contribution is 5.73. The van der Waals surface area contributed by atoms with E-state index in [1.54, 1.807) is 6.08 Å². The number of rotatable bonds is 6. The molecule has 1 saturated heterocycles. The van der Waals surface area contributed by atoms with Gasteiger partial charge in [-0.25, -0.2) is 0 Å². The molecule has 1 aliphatic heterocycles. The van der Waals surface area contributed by atoms with Crippen LogP contribution in [0.1, 0.15) is 27.2 Å². The SMILES string of the molecule is C=CC[C@H]1O[C@H](CO)[C@@H](OC(C)=O)[C@H](OC(C)=O)[C@H]1NC(C)=O. The van der Waals surface area contributed by atoms with Crippen molar-refractivity contribution in [3.05, 3.63) is 12.7 Å². The van der Waals surface area contributed by atoms with Crippen LogP contribution in [-0.4, -0.2) is 60.0 Å². The number of amides is 1. The molecule has 1 aliphatic rings. The maximum atomic E-state index is 11.5. The molecule has 0 aromatic heterocycles. The lowest BCUT2D eigenvalue weighted by atomic mass is 9.90. The minimum atomic E-state index is -1.03. The van der Waals surface area contributed by atoms with Crippen molar-refractivity contribution in [2.45, 2.75) is 57.6 Å². The third-order valence-corrected chi connectivity index (χ3v) is 3.35. The smallest absolute Gasteiger partial charge is 0.303 e. The molecule has 0 aromatic rings. The van der Waals surface area contributed by atoms with Crippen LogP contribution in [0.3, 0.4) is 0 Å². The second kappa shape index (κ2) is 8.64. The number of esters is 2. The molecule has 0 unspecified atom stereocenters. The van der Waals surface area contributed by atoms with Gasteiger partial charge in [0, 0.05) is 20.8 Å². The molecule has 130 valence electrons. The first-order valence-electron chi connectivity index (χ1n) is 7.28. The first kappa shape index (κ1) is 19.1. The van der Waals surface area contributed by atoms with Gasteiger partial charge in [0.2, 0.25) is 5.91 Å². The molecular formula is C15H23NO7. The first-order valence-corrected chi connectivity index (χ1v) is 7.28. The van der Waals surface area contributed by atoms with Crippen LogP contribution >= 0.6 is 0 Å². The van der Waals surface area contributed by atoms with Crippen LogP contribution in [0.2, 0.25) is 0 Å². The van der Waals surface area contributed by atoms with Gasteiger partial charge in [-0.2, -0.15) is 0 Å². The summed E-state index contributed by atoms with van der Waals surface area (Å²) in [5.41, 5.74) is 0. The van der Waals surface area contributed by atoms with Crippen LogP contribution in [-0.2, 0) is 28.6 Å². The van der Waals surface area contributed by atoms with Crippen LogP contribution in [0.25, 0.3) is 0 Å². The number of carbonyl (C=O) groups excluding carboxylic acids is 3. The van der Waals surface area contributed by atoms with Crippen LogP contribution in [0.15, 0.2) is 12.7 Å². The van der Waals surface area contributed by atoms with Gasteiger partial charge in [0.05, 0.1) is 18.8 Å². The van der Waals surface area contributed by atoms with Gasteiger partial charge < -0.3 is 24.6 Å². The molecule has 0 aliphatic carbocycles. The van der Waals surface area contributed by atoms with E-state index in [2.05, 4.69) is 11.9 Å². The predicted molar refractivity (Wildman–Crippen MR) is 79.3 cm³/mol. The minimum absolute atomic E-state index is 0.353. The number of aliphatic hydroxyl groups excluding tert-OH is 1. The third-order valence-electron chi connectivity index (χ3n) is 3.35. The number of aliphatic hydroxyl groups is 1. The Hall–Kier alpha value is -1.93. The minimum Gasteiger partial charge on any atom is -0.456 e. The fraction of sp³-hybridized carbons (Fsp3) is 0.667. The van der Waals surface area contributed by atoms with Gasteiger partial charge in [-0.05, 0) is 6.42 Å². The van der Waals surface area contributed by atoms with Crippen LogP contribution in [0, 0.1) is 0 Å². The van der Waals surface area contributed by atoms with E-state index in [0.717, 1.165) is 0 Å². The first-order chi connectivity index (χ1) is 10.8. The molecule has 0 bridgehead atoms. The Labute approximate surface area is 134 Å². The molecule has 1 amide bonds. The van der Waals surface area contributed by atoms with Crippen LogP contribution < -0.4 is 5.32 Å². The summed E-state index contributed by atoms with van der Waals surface area (Å²) in [4.78, 5) is 34.3. The van der Waals surface area contributed by atoms with Gasteiger partial charge >= 0.3 is 11.9 Å². The number of nitrogens with one attached hydrogen (secondary N) is 1. The molecule has 0 aromatic carbocycles. The molecule has 5 atom stereocenters. The van der Waals surface area contributed by atoms with E-state index < -0.39 is 49.0 Å². The molecule has 1 heterocycles.